The van der Waals surface area contributed by atoms with Crippen molar-refractivity contribution in [3.63, 3.8) is 0 Å². The highest BCUT2D eigenvalue weighted by Crippen LogP contribution is 2.14. The zero-order valence-corrected chi connectivity index (χ0v) is 11.2. The maximum Gasteiger partial charge on any atom is 0.150 e. The molecule has 0 aromatic carbocycles. The van der Waals surface area contributed by atoms with E-state index in [1.54, 1.807) is 0 Å². The number of hydrogen-bond acceptors (Lipinski definition) is 3. The summed E-state index contributed by atoms with van der Waals surface area (Å²) in [7, 11) is -2.80. The van der Waals surface area contributed by atoms with Gasteiger partial charge in [0.2, 0.25) is 0 Å². The summed E-state index contributed by atoms with van der Waals surface area (Å²) in [5.41, 5.74) is 0. The molecule has 0 saturated carbocycles. The van der Waals surface area contributed by atoms with Gasteiger partial charge in [0, 0.05) is 0 Å². The van der Waals surface area contributed by atoms with Gasteiger partial charge < -0.3 is 5.32 Å². The Hall–Kier alpha value is -0.0900. The average molecular weight is 247 g/mol. The van der Waals surface area contributed by atoms with Crippen molar-refractivity contribution in [1.82, 2.24) is 5.32 Å². The van der Waals surface area contributed by atoms with Crippen molar-refractivity contribution in [1.29, 1.82) is 0 Å². The van der Waals surface area contributed by atoms with Crippen LogP contribution in [0.1, 0.15) is 45.4 Å². The highest BCUT2D eigenvalue weighted by atomic mass is 32.2. The van der Waals surface area contributed by atoms with Crippen molar-refractivity contribution in [2.24, 2.45) is 5.92 Å². The first-order chi connectivity index (χ1) is 7.64. The molecule has 0 spiro atoms. The number of rotatable bonds is 7. The van der Waals surface area contributed by atoms with Gasteiger partial charge in [-0.2, -0.15) is 0 Å². The van der Waals surface area contributed by atoms with Gasteiger partial charge in [0.15, 0.2) is 9.84 Å². The van der Waals surface area contributed by atoms with Crippen LogP contribution in [0, 0.1) is 5.92 Å². The highest BCUT2D eigenvalue weighted by Gasteiger charge is 2.20. The minimum absolute atomic E-state index is 0.352. The van der Waals surface area contributed by atoms with Crippen LogP contribution in [0.15, 0.2) is 0 Å². The van der Waals surface area contributed by atoms with E-state index in [-0.39, 0.29) is 0 Å². The summed E-state index contributed by atoms with van der Waals surface area (Å²) >= 11 is 0. The molecule has 0 amide bonds. The number of nitrogens with one attached hydrogen (secondary N) is 1. The van der Waals surface area contributed by atoms with Crippen LogP contribution in [0.2, 0.25) is 0 Å². The van der Waals surface area contributed by atoms with Crippen molar-refractivity contribution in [3.05, 3.63) is 0 Å². The Morgan fingerprint density at radius 2 is 2.06 bits per heavy atom. The Labute approximate surface area is 99.9 Å². The van der Waals surface area contributed by atoms with Gasteiger partial charge in [-0.05, 0) is 38.3 Å². The van der Waals surface area contributed by atoms with Gasteiger partial charge in [0.05, 0.1) is 11.5 Å². The van der Waals surface area contributed by atoms with Crippen LogP contribution in [0.4, 0.5) is 0 Å². The van der Waals surface area contributed by atoms with Crippen LogP contribution >= 0.6 is 0 Å². The third-order valence-corrected chi connectivity index (χ3v) is 5.09. The molecular formula is C12H25NO2S. The van der Waals surface area contributed by atoms with E-state index in [2.05, 4.69) is 12.2 Å². The van der Waals surface area contributed by atoms with Gasteiger partial charge in [0.1, 0.15) is 0 Å². The third-order valence-electron chi connectivity index (χ3n) is 3.20. The van der Waals surface area contributed by atoms with Crippen LogP contribution in [0.3, 0.4) is 0 Å². The molecule has 0 aromatic rings. The number of piperidine rings is 1. The molecule has 1 unspecified atom stereocenters. The van der Waals surface area contributed by atoms with E-state index in [4.69, 9.17) is 0 Å². The van der Waals surface area contributed by atoms with E-state index in [9.17, 15) is 8.42 Å². The number of unbranched alkanes of at least 4 members (excludes halogenated alkanes) is 3. The lowest BCUT2D eigenvalue weighted by molar-refractivity contribution is 0.404. The smallest absolute Gasteiger partial charge is 0.150 e. The van der Waals surface area contributed by atoms with Gasteiger partial charge in [0.25, 0.3) is 0 Å². The Morgan fingerprint density at radius 1 is 1.25 bits per heavy atom. The molecule has 1 fully saturated rings. The van der Waals surface area contributed by atoms with Gasteiger partial charge in [-0.1, -0.05) is 26.2 Å². The molecule has 1 aliphatic heterocycles. The van der Waals surface area contributed by atoms with E-state index in [1.165, 1.54) is 0 Å². The Kier molecular flexibility index (Phi) is 6.36. The van der Waals surface area contributed by atoms with Crippen molar-refractivity contribution in [2.75, 3.05) is 24.6 Å². The zero-order valence-electron chi connectivity index (χ0n) is 10.4. The minimum Gasteiger partial charge on any atom is -0.316 e. The van der Waals surface area contributed by atoms with E-state index >= 15 is 0 Å². The molecule has 1 heterocycles. The van der Waals surface area contributed by atoms with Crippen molar-refractivity contribution in [3.8, 4) is 0 Å². The summed E-state index contributed by atoms with van der Waals surface area (Å²) in [5.74, 6) is 1.14. The molecule has 96 valence electrons. The Balaban J connectivity index is 2.22. The molecular weight excluding hydrogens is 222 g/mol. The molecule has 0 bridgehead atoms. The second-order valence-electron chi connectivity index (χ2n) is 4.89. The highest BCUT2D eigenvalue weighted by molar-refractivity contribution is 7.91. The minimum atomic E-state index is -2.80. The Morgan fingerprint density at radius 3 is 2.69 bits per heavy atom. The summed E-state index contributed by atoms with van der Waals surface area (Å²) in [6, 6.07) is 0. The van der Waals surface area contributed by atoms with Crippen LogP contribution < -0.4 is 5.32 Å². The van der Waals surface area contributed by atoms with Gasteiger partial charge in [-0.25, -0.2) is 8.42 Å². The fourth-order valence-electron chi connectivity index (χ4n) is 2.26. The Bertz CT molecular complexity index is 269. The van der Waals surface area contributed by atoms with Crippen molar-refractivity contribution >= 4 is 9.84 Å². The third kappa shape index (κ3) is 5.85. The summed E-state index contributed by atoms with van der Waals surface area (Å²) < 4.78 is 23.7. The molecule has 1 aliphatic rings. The fourth-order valence-corrected chi connectivity index (χ4v) is 4.07. The fraction of sp³-hybridized carbons (Fsp3) is 1.00. The SMILES string of the molecule is CCCCCCS(=O)(=O)CC1CCCNC1. The molecule has 0 aliphatic carbocycles. The maximum atomic E-state index is 11.8. The van der Waals surface area contributed by atoms with Crippen LogP contribution in [-0.4, -0.2) is 33.0 Å². The molecule has 0 radical (unpaired) electrons. The van der Waals surface area contributed by atoms with Gasteiger partial charge >= 0.3 is 0 Å². The molecule has 16 heavy (non-hydrogen) atoms. The molecule has 1 saturated heterocycles. The molecule has 1 atom stereocenters. The van der Waals surface area contributed by atoms with Crippen LogP contribution in [0.5, 0.6) is 0 Å². The second-order valence-corrected chi connectivity index (χ2v) is 7.12. The van der Waals surface area contributed by atoms with Crippen LogP contribution in [0.25, 0.3) is 0 Å². The van der Waals surface area contributed by atoms with E-state index < -0.39 is 9.84 Å². The lowest BCUT2D eigenvalue weighted by Gasteiger charge is -2.22. The molecule has 4 heteroatoms. The van der Waals surface area contributed by atoms with Crippen molar-refractivity contribution < 1.29 is 8.42 Å². The normalized spacial score (nSPS) is 22.2. The van der Waals surface area contributed by atoms with E-state index in [0.717, 1.165) is 51.6 Å². The van der Waals surface area contributed by atoms with Gasteiger partial charge in [-0.15, -0.1) is 0 Å². The first-order valence-corrected chi connectivity index (χ1v) is 8.37. The van der Waals surface area contributed by atoms with E-state index in [0.29, 0.717) is 17.4 Å². The molecule has 1 rings (SSSR count). The van der Waals surface area contributed by atoms with Gasteiger partial charge in [-0.3, -0.25) is 0 Å². The van der Waals surface area contributed by atoms with E-state index in [1.807, 2.05) is 0 Å². The largest absolute Gasteiger partial charge is 0.316 e. The summed E-state index contributed by atoms with van der Waals surface area (Å²) in [6.07, 6.45) is 6.40. The predicted molar refractivity (Wildman–Crippen MR) is 68.4 cm³/mol. The summed E-state index contributed by atoms with van der Waals surface area (Å²) in [4.78, 5) is 0. The quantitative estimate of drug-likeness (QED) is 0.700. The molecule has 0 aromatic heterocycles. The predicted octanol–water partition coefficient (Wildman–Crippen LogP) is 1.98. The molecule has 3 nitrogen and oxygen atoms in total. The van der Waals surface area contributed by atoms with Crippen molar-refractivity contribution in [2.45, 2.75) is 45.4 Å². The monoisotopic (exact) mass is 247 g/mol. The standard InChI is InChI=1S/C12H25NO2S/c1-2-3-4-5-9-16(14,15)11-12-7-6-8-13-10-12/h12-13H,2-11H2,1H3. The average Bonchev–Trinajstić information content (AvgIpc) is 2.25. The number of hydrogen-bond donors (Lipinski definition) is 1. The first kappa shape index (κ1) is 14.0. The lowest BCUT2D eigenvalue weighted by atomic mass is 10.0. The first-order valence-electron chi connectivity index (χ1n) is 6.55. The summed E-state index contributed by atoms with van der Waals surface area (Å²) in [6.45, 7) is 4.07. The zero-order chi connectivity index (χ0) is 11.9. The summed E-state index contributed by atoms with van der Waals surface area (Å²) in [5, 5.41) is 3.27. The number of sulfone groups is 1. The van der Waals surface area contributed by atoms with Crippen LogP contribution in [-0.2, 0) is 9.84 Å². The topological polar surface area (TPSA) is 46.2 Å². The lowest BCUT2D eigenvalue weighted by Crippen LogP contribution is -2.34. The maximum absolute atomic E-state index is 11.8. The second kappa shape index (κ2) is 7.28. The molecule has 1 N–H and O–H groups in total.